The first-order valence-electron chi connectivity index (χ1n) is 6.75. The molecule has 98 valence electrons. The number of furan rings is 1. The van der Waals surface area contributed by atoms with Crippen LogP contribution in [0.3, 0.4) is 0 Å². The first kappa shape index (κ1) is 12.2. The number of hydrogen-bond donors (Lipinski definition) is 1. The maximum Gasteiger partial charge on any atom is 0.157 e. The summed E-state index contributed by atoms with van der Waals surface area (Å²) in [5.41, 5.74) is 0.518. The lowest BCUT2D eigenvalue weighted by atomic mass is 9.89. The first-order valence-corrected chi connectivity index (χ1v) is 7.73. The van der Waals surface area contributed by atoms with Crippen LogP contribution in [0.1, 0.15) is 44.4 Å². The fraction of sp³-hybridized carbons (Fsp3) is 0.643. The van der Waals surface area contributed by atoms with Crippen LogP contribution in [0.4, 0.5) is 0 Å². The maximum absolute atomic E-state index is 5.40. The van der Waals surface area contributed by atoms with E-state index in [0.717, 1.165) is 17.5 Å². The van der Waals surface area contributed by atoms with Crippen LogP contribution in [0.25, 0.3) is 0 Å². The van der Waals surface area contributed by atoms with E-state index in [2.05, 4.69) is 12.2 Å². The molecule has 1 fully saturated rings. The lowest BCUT2D eigenvalue weighted by Gasteiger charge is -2.31. The van der Waals surface area contributed by atoms with Gasteiger partial charge in [-0.25, -0.2) is 0 Å². The molecule has 0 amide bonds. The minimum atomic E-state index is 0.198. The summed E-state index contributed by atoms with van der Waals surface area (Å²) < 4.78 is 5.40. The monoisotopic (exact) mass is 264 g/mol. The van der Waals surface area contributed by atoms with E-state index in [9.17, 15) is 0 Å². The molecule has 0 radical (unpaired) electrons. The molecule has 18 heavy (non-hydrogen) atoms. The van der Waals surface area contributed by atoms with Crippen molar-refractivity contribution in [2.24, 2.45) is 10.4 Å². The number of hydrogen-bond acceptors (Lipinski definition) is 4. The quantitative estimate of drug-likeness (QED) is 0.887. The Morgan fingerprint density at radius 1 is 1.44 bits per heavy atom. The van der Waals surface area contributed by atoms with E-state index < -0.39 is 0 Å². The number of nitrogens with one attached hydrogen (secondary N) is 1. The van der Waals surface area contributed by atoms with Gasteiger partial charge in [0.15, 0.2) is 5.17 Å². The van der Waals surface area contributed by atoms with Gasteiger partial charge in [0.2, 0.25) is 0 Å². The third kappa shape index (κ3) is 2.44. The molecule has 1 aliphatic carbocycles. The van der Waals surface area contributed by atoms with Gasteiger partial charge in [-0.05, 0) is 37.3 Å². The van der Waals surface area contributed by atoms with Crippen LogP contribution in [0, 0.1) is 5.41 Å². The fourth-order valence-electron chi connectivity index (χ4n) is 2.86. The van der Waals surface area contributed by atoms with Gasteiger partial charge in [0.05, 0.1) is 12.3 Å². The number of rotatable bonds is 2. The van der Waals surface area contributed by atoms with Crippen LogP contribution >= 0.6 is 11.8 Å². The number of aliphatic imine (C=N–C) groups is 1. The molecule has 1 N–H and O–H groups in total. The summed E-state index contributed by atoms with van der Waals surface area (Å²) in [4.78, 5) is 4.74. The van der Waals surface area contributed by atoms with Crippen molar-refractivity contribution in [2.75, 3.05) is 12.3 Å². The largest absolute Gasteiger partial charge is 0.467 e. The van der Waals surface area contributed by atoms with Crippen LogP contribution in [0.2, 0.25) is 0 Å². The zero-order chi connectivity index (χ0) is 12.4. The molecule has 0 saturated heterocycles. The zero-order valence-corrected chi connectivity index (χ0v) is 11.6. The molecular weight excluding hydrogens is 244 g/mol. The zero-order valence-electron chi connectivity index (χ0n) is 10.8. The van der Waals surface area contributed by atoms with E-state index in [1.165, 1.54) is 31.4 Å². The van der Waals surface area contributed by atoms with Crippen molar-refractivity contribution in [2.45, 2.75) is 38.6 Å². The normalized spacial score (nSPS) is 23.9. The molecule has 2 aliphatic rings. The highest BCUT2D eigenvalue weighted by atomic mass is 32.2. The summed E-state index contributed by atoms with van der Waals surface area (Å²) >= 11 is 1.88. The average Bonchev–Trinajstić information content (AvgIpc) is 3.04. The topological polar surface area (TPSA) is 37.5 Å². The summed E-state index contributed by atoms with van der Waals surface area (Å²) in [6.07, 6.45) is 7.23. The van der Waals surface area contributed by atoms with Crippen LogP contribution < -0.4 is 5.32 Å². The first-order chi connectivity index (χ1) is 8.77. The molecule has 1 aliphatic heterocycles. The summed E-state index contributed by atoms with van der Waals surface area (Å²) in [6, 6.07) is 4.13. The van der Waals surface area contributed by atoms with Gasteiger partial charge >= 0.3 is 0 Å². The lowest BCUT2D eigenvalue weighted by molar-refractivity contribution is 0.357. The minimum Gasteiger partial charge on any atom is -0.467 e. The van der Waals surface area contributed by atoms with Gasteiger partial charge in [0.25, 0.3) is 0 Å². The van der Waals surface area contributed by atoms with Crippen LogP contribution in [0.15, 0.2) is 27.8 Å². The second-order valence-corrected chi connectivity index (χ2v) is 6.46. The van der Waals surface area contributed by atoms with Gasteiger partial charge in [0, 0.05) is 12.3 Å². The maximum atomic E-state index is 5.40. The Kier molecular flexibility index (Phi) is 3.37. The Labute approximate surface area is 112 Å². The Bertz CT molecular complexity index is 421. The average molecular weight is 264 g/mol. The fourth-order valence-corrected chi connectivity index (χ4v) is 4.10. The molecule has 3 nitrogen and oxygen atoms in total. The van der Waals surface area contributed by atoms with Crippen molar-refractivity contribution in [1.29, 1.82) is 0 Å². The van der Waals surface area contributed by atoms with Gasteiger partial charge in [-0.2, -0.15) is 0 Å². The van der Waals surface area contributed by atoms with Gasteiger partial charge in [-0.1, -0.05) is 24.6 Å². The Morgan fingerprint density at radius 3 is 2.89 bits per heavy atom. The third-order valence-corrected chi connectivity index (χ3v) is 5.32. The van der Waals surface area contributed by atoms with Crippen molar-refractivity contribution in [3.63, 3.8) is 0 Å². The van der Waals surface area contributed by atoms with Gasteiger partial charge in [-0.3, -0.25) is 4.99 Å². The van der Waals surface area contributed by atoms with Crippen molar-refractivity contribution in [1.82, 2.24) is 5.32 Å². The van der Waals surface area contributed by atoms with Crippen LogP contribution in [0.5, 0.6) is 0 Å². The standard InChI is InChI=1S/C14H20N2OS/c1-11(12-5-4-8-17-12)16-13-15-9-14(10-18-13)6-2-3-7-14/h4-5,8,11H,2-3,6-7,9-10H2,1H3,(H,15,16). The summed E-state index contributed by atoms with van der Waals surface area (Å²) in [6.45, 7) is 3.12. The summed E-state index contributed by atoms with van der Waals surface area (Å²) in [5.74, 6) is 2.20. The third-order valence-electron chi connectivity index (χ3n) is 4.05. The molecule has 2 heterocycles. The van der Waals surface area contributed by atoms with Crippen molar-refractivity contribution < 1.29 is 4.42 Å². The van der Waals surface area contributed by atoms with Gasteiger partial charge in [-0.15, -0.1) is 0 Å². The predicted octanol–water partition coefficient (Wildman–Crippen LogP) is 3.59. The van der Waals surface area contributed by atoms with Crippen LogP contribution in [-0.2, 0) is 0 Å². The molecule has 1 unspecified atom stereocenters. The number of amidine groups is 1. The highest BCUT2D eigenvalue weighted by Crippen LogP contribution is 2.43. The highest BCUT2D eigenvalue weighted by molar-refractivity contribution is 8.13. The van der Waals surface area contributed by atoms with Gasteiger partial charge < -0.3 is 9.73 Å². The minimum absolute atomic E-state index is 0.198. The molecule has 0 bridgehead atoms. The molecule has 1 atom stereocenters. The predicted molar refractivity (Wildman–Crippen MR) is 75.9 cm³/mol. The Hall–Kier alpha value is -0.900. The number of nitrogens with zero attached hydrogens (tertiary/aromatic N) is 1. The molecule has 0 aromatic carbocycles. The molecular formula is C14H20N2OS. The molecule has 3 rings (SSSR count). The van der Waals surface area contributed by atoms with Crippen LogP contribution in [-0.4, -0.2) is 17.5 Å². The lowest BCUT2D eigenvalue weighted by Crippen LogP contribution is -2.34. The summed E-state index contributed by atoms with van der Waals surface area (Å²) in [5, 5.41) is 4.53. The SMILES string of the molecule is CC(NC1=NCC2(CCCC2)CS1)c1ccco1. The summed E-state index contributed by atoms with van der Waals surface area (Å²) in [7, 11) is 0. The molecule has 4 heteroatoms. The molecule has 1 aromatic rings. The molecule has 1 saturated carbocycles. The van der Waals surface area contributed by atoms with E-state index in [4.69, 9.17) is 9.41 Å². The van der Waals surface area contributed by atoms with E-state index in [1.807, 2.05) is 23.9 Å². The van der Waals surface area contributed by atoms with E-state index in [0.29, 0.717) is 5.41 Å². The second kappa shape index (κ2) is 5.00. The number of thioether (sulfide) groups is 1. The highest BCUT2D eigenvalue weighted by Gasteiger charge is 2.36. The molecule has 1 aromatic heterocycles. The Morgan fingerprint density at radius 2 is 2.28 bits per heavy atom. The van der Waals surface area contributed by atoms with E-state index in [1.54, 1.807) is 6.26 Å². The van der Waals surface area contributed by atoms with E-state index >= 15 is 0 Å². The van der Waals surface area contributed by atoms with E-state index in [-0.39, 0.29) is 6.04 Å². The second-order valence-electron chi connectivity index (χ2n) is 5.50. The Balaban J connectivity index is 1.60. The van der Waals surface area contributed by atoms with Crippen molar-refractivity contribution in [3.05, 3.63) is 24.2 Å². The van der Waals surface area contributed by atoms with Gasteiger partial charge in [0.1, 0.15) is 5.76 Å². The van der Waals surface area contributed by atoms with Crippen molar-refractivity contribution >= 4 is 16.9 Å². The smallest absolute Gasteiger partial charge is 0.157 e. The molecule has 1 spiro atoms. The van der Waals surface area contributed by atoms with Crippen molar-refractivity contribution in [3.8, 4) is 0 Å².